The molecule has 0 bridgehead atoms. The molecule has 0 atom stereocenters. The van der Waals surface area contributed by atoms with E-state index in [4.69, 9.17) is 4.74 Å². The standard InChI is InChI=1S/C18H15N3O3S/c22-16(6-5-11-9-19-13-4-2-1-3-12(11)13)24-10-15-20-14-7-8-25-17(14)18(23)21-15/h1-4,7-9,19H,5-6,10H2,(H,20,21,23). The number of aromatic amines is 2. The first kappa shape index (κ1) is 15.6. The highest BCUT2D eigenvalue weighted by atomic mass is 32.1. The second-order valence-electron chi connectivity index (χ2n) is 5.67. The third kappa shape index (κ3) is 3.18. The lowest BCUT2D eigenvalue weighted by molar-refractivity contribution is -0.145. The van der Waals surface area contributed by atoms with Crippen LogP contribution in [-0.2, 0) is 22.6 Å². The highest BCUT2D eigenvalue weighted by Gasteiger charge is 2.10. The Morgan fingerprint density at radius 1 is 1.24 bits per heavy atom. The van der Waals surface area contributed by atoms with Gasteiger partial charge < -0.3 is 14.7 Å². The summed E-state index contributed by atoms with van der Waals surface area (Å²) in [5.41, 5.74) is 2.55. The number of aryl methyl sites for hydroxylation is 1. The van der Waals surface area contributed by atoms with E-state index in [1.165, 1.54) is 11.3 Å². The Morgan fingerprint density at radius 2 is 2.12 bits per heavy atom. The molecule has 0 radical (unpaired) electrons. The molecule has 126 valence electrons. The van der Waals surface area contributed by atoms with Crippen molar-refractivity contribution >= 4 is 38.4 Å². The summed E-state index contributed by atoms with van der Waals surface area (Å²) in [5.74, 6) is 0.0367. The van der Waals surface area contributed by atoms with Crippen LogP contribution in [0.5, 0.6) is 0 Å². The summed E-state index contributed by atoms with van der Waals surface area (Å²) in [7, 11) is 0. The molecule has 0 aliphatic heterocycles. The van der Waals surface area contributed by atoms with Gasteiger partial charge in [-0.15, -0.1) is 11.3 Å². The number of ether oxygens (including phenoxy) is 1. The zero-order chi connectivity index (χ0) is 17.2. The van der Waals surface area contributed by atoms with Crippen molar-refractivity contribution in [2.45, 2.75) is 19.4 Å². The van der Waals surface area contributed by atoms with Gasteiger partial charge in [0.15, 0.2) is 0 Å². The van der Waals surface area contributed by atoms with Crippen LogP contribution in [0.4, 0.5) is 0 Å². The van der Waals surface area contributed by atoms with Gasteiger partial charge in [0.2, 0.25) is 0 Å². The number of carbonyl (C=O) groups excluding carboxylic acids is 1. The quantitative estimate of drug-likeness (QED) is 0.540. The molecule has 2 N–H and O–H groups in total. The van der Waals surface area contributed by atoms with Crippen molar-refractivity contribution in [1.29, 1.82) is 0 Å². The number of thiophene rings is 1. The van der Waals surface area contributed by atoms with Gasteiger partial charge in [0.1, 0.15) is 17.1 Å². The molecule has 0 aliphatic rings. The summed E-state index contributed by atoms with van der Waals surface area (Å²) >= 11 is 1.34. The van der Waals surface area contributed by atoms with Gasteiger partial charge in [-0.1, -0.05) is 18.2 Å². The lowest BCUT2D eigenvalue weighted by Gasteiger charge is -2.04. The van der Waals surface area contributed by atoms with E-state index in [0.29, 0.717) is 22.5 Å². The average molecular weight is 353 g/mol. The molecule has 6 nitrogen and oxygen atoms in total. The van der Waals surface area contributed by atoms with E-state index in [1.807, 2.05) is 35.8 Å². The first-order valence-electron chi connectivity index (χ1n) is 7.88. The number of nitrogens with zero attached hydrogens (tertiary/aromatic N) is 1. The minimum atomic E-state index is -0.321. The molecule has 0 saturated carbocycles. The summed E-state index contributed by atoms with van der Waals surface area (Å²) in [6, 6.07) is 9.74. The molecule has 1 aromatic carbocycles. The molecular weight excluding hydrogens is 338 g/mol. The normalized spacial score (nSPS) is 11.2. The van der Waals surface area contributed by atoms with Crippen LogP contribution in [-0.4, -0.2) is 20.9 Å². The maximum atomic E-state index is 12.0. The summed E-state index contributed by atoms with van der Waals surface area (Å²) in [6.45, 7) is -0.0340. The first-order chi connectivity index (χ1) is 12.2. The molecule has 0 saturated heterocycles. The van der Waals surface area contributed by atoms with Gasteiger partial charge in [-0.2, -0.15) is 0 Å². The zero-order valence-electron chi connectivity index (χ0n) is 13.2. The van der Waals surface area contributed by atoms with Gasteiger partial charge in [0.05, 0.1) is 5.52 Å². The third-order valence-electron chi connectivity index (χ3n) is 4.01. The molecule has 0 aliphatic carbocycles. The Hall–Kier alpha value is -2.93. The van der Waals surface area contributed by atoms with Crippen molar-refractivity contribution in [2.24, 2.45) is 0 Å². The fourth-order valence-electron chi connectivity index (χ4n) is 2.79. The predicted molar refractivity (Wildman–Crippen MR) is 96.7 cm³/mol. The van der Waals surface area contributed by atoms with Crippen LogP contribution < -0.4 is 5.56 Å². The smallest absolute Gasteiger partial charge is 0.306 e. The Labute approximate surface area is 146 Å². The lowest BCUT2D eigenvalue weighted by Crippen LogP contribution is -2.13. The number of hydrogen-bond acceptors (Lipinski definition) is 5. The van der Waals surface area contributed by atoms with Crippen molar-refractivity contribution in [1.82, 2.24) is 15.0 Å². The SMILES string of the molecule is O=C(CCc1c[nH]c2ccccc12)OCc1nc2ccsc2c(=O)[nH]1. The van der Waals surface area contributed by atoms with Crippen LogP contribution in [0.25, 0.3) is 21.1 Å². The van der Waals surface area contributed by atoms with Crippen LogP contribution in [0.2, 0.25) is 0 Å². The second-order valence-corrected chi connectivity index (χ2v) is 6.58. The van der Waals surface area contributed by atoms with Crippen molar-refractivity contribution < 1.29 is 9.53 Å². The summed E-state index contributed by atoms with van der Waals surface area (Å²) in [6.07, 6.45) is 2.78. The number of esters is 1. The summed E-state index contributed by atoms with van der Waals surface area (Å²) < 4.78 is 5.82. The summed E-state index contributed by atoms with van der Waals surface area (Å²) in [4.78, 5) is 34.0. The van der Waals surface area contributed by atoms with Crippen molar-refractivity contribution in [2.75, 3.05) is 0 Å². The van der Waals surface area contributed by atoms with Gasteiger partial charge >= 0.3 is 5.97 Å². The number of carbonyl (C=O) groups is 1. The van der Waals surface area contributed by atoms with Crippen LogP contribution in [0.1, 0.15) is 17.8 Å². The Balaban J connectivity index is 1.38. The number of nitrogens with one attached hydrogen (secondary N) is 2. The molecule has 4 aromatic rings. The fourth-order valence-corrected chi connectivity index (χ4v) is 3.51. The average Bonchev–Trinajstić information content (AvgIpc) is 3.25. The Bertz CT molecular complexity index is 1110. The molecule has 7 heteroatoms. The maximum Gasteiger partial charge on any atom is 0.306 e. The van der Waals surface area contributed by atoms with E-state index < -0.39 is 0 Å². The monoisotopic (exact) mass is 353 g/mol. The molecule has 0 spiro atoms. The first-order valence-corrected chi connectivity index (χ1v) is 8.76. The topological polar surface area (TPSA) is 87.8 Å². The van der Waals surface area contributed by atoms with Gasteiger partial charge in [0.25, 0.3) is 5.56 Å². The minimum absolute atomic E-state index is 0.0340. The maximum absolute atomic E-state index is 12.0. The molecular formula is C18H15N3O3S. The van der Waals surface area contributed by atoms with Gasteiger partial charge in [-0.05, 0) is 29.5 Å². The van der Waals surface area contributed by atoms with Crippen LogP contribution in [0, 0.1) is 0 Å². The Kier molecular flexibility index (Phi) is 4.07. The number of para-hydroxylation sites is 1. The largest absolute Gasteiger partial charge is 0.458 e. The van der Waals surface area contributed by atoms with E-state index >= 15 is 0 Å². The number of fused-ring (bicyclic) bond motifs is 2. The number of benzene rings is 1. The fraction of sp³-hybridized carbons (Fsp3) is 0.167. The molecule has 0 fully saturated rings. The van der Waals surface area contributed by atoms with E-state index in [1.54, 1.807) is 6.07 Å². The number of aromatic nitrogens is 3. The minimum Gasteiger partial charge on any atom is -0.458 e. The van der Waals surface area contributed by atoms with E-state index in [2.05, 4.69) is 15.0 Å². The number of hydrogen-bond donors (Lipinski definition) is 2. The zero-order valence-corrected chi connectivity index (χ0v) is 14.1. The second kappa shape index (κ2) is 6.52. The van der Waals surface area contributed by atoms with E-state index in [0.717, 1.165) is 16.5 Å². The molecule has 0 amide bonds. The molecule has 25 heavy (non-hydrogen) atoms. The van der Waals surface area contributed by atoms with Gasteiger partial charge in [0, 0.05) is 23.5 Å². The van der Waals surface area contributed by atoms with Crippen LogP contribution >= 0.6 is 11.3 Å². The van der Waals surface area contributed by atoms with Gasteiger partial charge in [-0.25, -0.2) is 4.98 Å². The van der Waals surface area contributed by atoms with Gasteiger partial charge in [-0.3, -0.25) is 9.59 Å². The van der Waals surface area contributed by atoms with Crippen molar-refractivity contribution in [3.05, 3.63) is 63.7 Å². The molecule has 3 aromatic heterocycles. The Morgan fingerprint density at radius 3 is 3.04 bits per heavy atom. The van der Waals surface area contributed by atoms with Crippen LogP contribution in [0.3, 0.4) is 0 Å². The lowest BCUT2D eigenvalue weighted by atomic mass is 10.1. The molecule has 4 rings (SSSR count). The summed E-state index contributed by atoms with van der Waals surface area (Å²) in [5, 5.41) is 2.92. The highest BCUT2D eigenvalue weighted by molar-refractivity contribution is 7.17. The number of rotatable bonds is 5. The molecule has 3 heterocycles. The highest BCUT2D eigenvalue weighted by Crippen LogP contribution is 2.19. The number of H-pyrrole nitrogens is 2. The van der Waals surface area contributed by atoms with Crippen molar-refractivity contribution in [3.63, 3.8) is 0 Å². The van der Waals surface area contributed by atoms with Crippen molar-refractivity contribution in [3.8, 4) is 0 Å². The van der Waals surface area contributed by atoms with E-state index in [9.17, 15) is 9.59 Å². The predicted octanol–water partition coefficient (Wildman–Crippen LogP) is 3.14. The van der Waals surface area contributed by atoms with E-state index in [-0.39, 0.29) is 24.6 Å². The van der Waals surface area contributed by atoms with Crippen LogP contribution in [0.15, 0.2) is 46.7 Å². The molecule has 0 unspecified atom stereocenters. The third-order valence-corrected chi connectivity index (χ3v) is 4.91.